The predicted molar refractivity (Wildman–Crippen MR) is 108 cm³/mol. The second kappa shape index (κ2) is 10.5. The van der Waals surface area contributed by atoms with Crippen LogP contribution in [0.5, 0.6) is 17.2 Å². The predicted octanol–water partition coefficient (Wildman–Crippen LogP) is 3.04. The zero-order chi connectivity index (χ0) is 20.5. The quantitative estimate of drug-likeness (QED) is 0.520. The molecule has 0 aliphatic heterocycles. The van der Waals surface area contributed by atoms with E-state index in [4.69, 9.17) is 14.2 Å². The Labute approximate surface area is 168 Å². The Balaban J connectivity index is 1.91. The van der Waals surface area contributed by atoms with E-state index in [1.54, 1.807) is 43.3 Å². The van der Waals surface area contributed by atoms with Gasteiger partial charge in [0.15, 0.2) is 6.10 Å². The molecule has 150 valence electrons. The van der Waals surface area contributed by atoms with E-state index in [9.17, 15) is 9.59 Å². The van der Waals surface area contributed by atoms with Gasteiger partial charge >= 0.3 is 0 Å². The number of carbonyl (C=O) groups is 2. The summed E-state index contributed by atoms with van der Waals surface area (Å²) >= 11 is 1.54. The molecular weight excluding hydrogens is 380 g/mol. The average molecular weight is 404 g/mol. The molecule has 0 unspecified atom stereocenters. The summed E-state index contributed by atoms with van der Waals surface area (Å²) in [5.74, 6) is 0.706. The molecule has 0 fully saturated rings. The summed E-state index contributed by atoms with van der Waals surface area (Å²) in [7, 11) is 1.49. The van der Waals surface area contributed by atoms with Gasteiger partial charge in [0.2, 0.25) is 0 Å². The summed E-state index contributed by atoms with van der Waals surface area (Å²) in [6.07, 6.45) is 1.12. The van der Waals surface area contributed by atoms with E-state index >= 15 is 0 Å². The normalized spacial score (nSPS) is 11.3. The third-order valence-corrected chi connectivity index (χ3v) is 4.49. The Morgan fingerprint density at radius 2 is 1.75 bits per heavy atom. The highest BCUT2D eigenvalue weighted by Gasteiger charge is 2.18. The van der Waals surface area contributed by atoms with Crippen molar-refractivity contribution in [2.45, 2.75) is 24.8 Å². The number of carbonyl (C=O) groups excluding carboxylic acids is 2. The Morgan fingerprint density at radius 3 is 2.36 bits per heavy atom. The fourth-order valence-corrected chi connectivity index (χ4v) is 2.74. The molecule has 0 aliphatic rings. The first-order valence-corrected chi connectivity index (χ1v) is 9.92. The zero-order valence-corrected chi connectivity index (χ0v) is 17.1. The van der Waals surface area contributed by atoms with E-state index < -0.39 is 17.9 Å². The van der Waals surface area contributed by atoms with Crippen LogP contribution in [0, 0.1) is 0 Å². The van der Waals surface area contributed by atoms with E-state index in [0.717, 1.165) is 10.6 Å². The zero-order valence-electron chi connectivity index (χ0n) is 16.3. The van der Waals surface area contributed by atoms with Crippen molar-refractivity contribution in [3.8, 4) is 17.2 Å². The molecule has 0 heterocycles. The standard InChI is InChI=1S/C20H24N2O5S/c1-5-26-14-6-8-15(9-7-14)27-13(2)19(23)21-22-20(24)17-11-10-16(28-4)12-18(17)25-3/h6-13H,5H2,1-4H3,(H,21,23)(H,22,24)/t13-/m1/s1. The lowest BCUT2D eigenvalue weighted by Crippen LogP contribution is -2.47. The van der Waals surface area contributed by atoms with Crippen molar-refractivity contribution < 1.29 is 23.8 Å². The second-order valence-corrected chi connectivity index (χ2v) is 6.55. The number of amides is 2. The molecule has 0 radical (unpaired) electrons. The van der Waals surface area contributed by atoms with Gasteiger partial charge in [0.1, 0.15) is 17.2 Å². The van der Waals surface area contributed by atoms with Crippen molar-refractivity contribution in [1.82, 2.24) is 10.9 Å². The Kier molecular flexibility index (Phi) is 8.01. The summed E-state index contributed by atoms with van der Waals surface area (Å²) in [6.45, 7) is 4.06. The van der Waals surface area contributed by atoms with Gasteiger partial charge in [-0.05, 0) is 62.6 Å². The molecule has 28 heavy (non-hydrogen) atoms. The third kappa shape index (κ3) is 5.82. The topological polar surface area (TPSA) is 85.9 Å². The van der Waals surface area contributed by atoms with Crippen molar-refractivity contribution in [2.75, 3.05) is 20.0 Å². The Bertz CT molecular complexity index is 811. The number of hydrogen-bond donors (Lipinski definition) is 2. The molecule has 0 aromatic heterocycles. The highest BCUT2D eigenvalue weighted by molar-refractivity contribution is 7.98. The van der Waals surface area contributed by atoms with E-state index in [1.807, 2.05) is 19.2 Å². The summed E-state index contributed by atoms with van der Waals surface area (Å²) in [4.78, 5) is 25.5. The van der Waals surface area contributed by atoms with Gasteiger partial charge in [0.25, 0.3) is 11.8 Å². The van der Waals surface area contributed by atoms with Crippen LogP contribution < -0.4 is 25.1 Å². The maximum Gasteiger partial charge on any atom is 0.279 e. The van der Waals surface area contributed by atoms with Gasteiger partial charge < -0.3 is 14.2 Å². The average Bonchev–Trinajstić information content (AvgIpc) is 2.72. The third-order valence-electron chi connectivity index (χ3n) is 3.77. The minimum Gasteiger partial charge on any atom is -0.496 e. The highest BCUT2D eigenvalue weighted by atomic mass is 32.2. The largest absolute Gasteiger partial charge is 0.496 e. The molecule has 7 nitrogen and oxygen atoms in total. The van der Waals surface area contributed by atoms with Gasteiger partial charge in [-0.2, -0.15) is 0 Å². The number of benzene rings is 2. The second-order valence-electron chi connectivity index (χ2n) is 5.67. The van der Waals surface area contributed by atoms with Crippen molar-refractivity contribution in [3.05, 3.63) is 48.0 Å². The molecule has 0 aliphatic carbocycles. The highest BCUT2D eigenvalue weighted by Crippen LogP contribution is 2.25. The monoisotopic (exact) mass is 404 g/mol. The minimum absolute atomic E-state index is 0.320. The fourth-order valence-electron chi connectivity index (χ4n) is 2.31. The SMILES string of the molecule is CCOc1ccc(O[C@H](C)C(=O)NNC(=O)c2ccc(SC)cc2OC)cc1. The summed E-state index contributed by atoms with van der Waals surface area (Å²) in [6, 6.07) is 12.2. The van der Waals surface area contributed by atoms with Crippen molar-refractivity contribution in [2.24, 2.45) is 0 Å². The summed E-state index contributed by atoms with van der Waals surface area (Å²) in [5, 5.41) is 0. The number of hydrazine groups is 1. The number of methoxy groups -OCH3 is 1. The molecule has 2 amide bonds. The first-order chi connectivity index (χ1) is 13.5. The first kappa shape index (κ1) is 21.4. The molecular formula is C20H24N2O5S. The van der Waals surface area contributed by atoms with E-state index in [1.165, 1.54) is 18.9 Å². The fraction of sp³-hybridized carbons (Fsp3) is 0.300. The van der Waals surface area contributed by atoms with Crippen LogP contribution in [0.1, 0.15) is 24.2 Å². The Hall–Kier alpha value is -2.87. The van der Waals surface area contributed by atoms with Crippen LogP contribution in [-0.4, -0.2) is 37.9 Å². The number of nitrogens with one attached hydrogen (secondary N) is 2. The molecule has 0 saturated heterocycles. The van der Waals surface area contributed by atoms with Crippen LogP contribution in [-0.2, 0) is 4.79 Å². The lowest BCUT2D eigenvalue weighted by Gasteiger charge is -2.16. The maximum absolute atomic E-state index is 12.3. The molecule has 0 saturated carbocycles. The van der Waals surface area contributed by atoms with Gasteiger partial charge in [0.05, 0.1) is 19.3 Å². The number of rotatable bonds is 8. The van der Waals surface area contributed by atoms with Gasteiger partial charge in [-0.3, -0.25) is 20.4 Å². The van der Waals surface area contributed by atoms with Gasteiger partial charge in [-0.15, -0.1) is 11.8 Å². The minimum atomic E-state index is -0.806. The molecule has 2 rings (SSSR count). The first-order valence-electron chi connectivity index (χ1n) is 8.70. The van der Waals surface area contributed by atoms with Crippen molar-refractivity contribution in [1.29, 1.82) is 0 Å². The van der Waals surface area contributed by atoms with Gasteiger partial charge in [-0.25, -0.2) is 0 Å². The maximum atomic E-state index is 12.3. The lowest BCUT2D eigenvalue weighted by atomic mass is 10.2. The van der Waals surface area contributed by atoms with E-state index in [0.29, 0.717) is 23.7 Å². The van der Waals surface area contributed by atoms with Gasteiger partial charge in [0, 0.05) is 4.90 Å². The van der Waals surface area contributed by atoms with Crippen molar-refractivity contribution >= 4 is 23.6 Å². The molecule has 2 N–H and O–H groups in total. The molecule has 1 atom stereocenters. The summed E-state index contributed by atoms with van der Waals surface area (Å²) in [5.41, 5.74) is 5.06. The van der Waals surface area contributed by atoms with Gasteiger partial charge in [-0.1, -0.05) is 0 Å². The van der Waals surface area contributed by atoms with E-state index in [-0.39, 0.29) is 0 Å². The molecule has 8 heteroatoms. The molecule has 2 aromatic rings. The van der Waals surface area contributed by atoms with E-state index in [2.05, 4.69) is 10.9 Å². The van der Waals surface area contributed by atoms with Crippen LogP contribution in [0.25, 0.3) is 0 Å². The number of hydrogen-bond acceptors (Lipinski definition) is 6. The molecule has 0 bridgehead atoms. The van der Waals surface area contributed by atoms with Crippen LogP contribution in [0.3, 0.4) is 0 Å². The Morgan fingerprint density at radius 1 is 1.07 bits per heavy atom. The van der Waals surface area contributed by atoms with Crippen molar-refractivity contribution in [3.63, 3.8) is 0 Å². The summed E-state index contributed by atoms with van der Waals surface area (Å²) < 4.78 is 16.2. The molecule has 2 aromatic carbocycles. The molecule has 0 spiro atoms. The number of ether oxygens (including phenoxy) is 3. The van der Waals surface area contributed by atoms with Crippen LogP contribution in [0.2, 0.25) is 0 Å². The number of thioether (sulfide) groups is 1. The smallest absolute Gasteiger partial charge is 0.279 e. The van der Waals surface area contributed by atoms with Crippen LogP contribution >= 0.6 is 11.8 Å². The van der Waals surface area contributed by atoms with Crippen LogP contribution in [0.15, 0.2) is 47.4 Å². The van der Waals surface area contributed by atoms with Crippen LogP contribution in [0.4, 0.5) is 0 Å². The lowest BCUT2D eigenvalue weighted by molar-refractivity contribution is -0.128.